The monoisotopic (exact) mass is 430 g/mol. The van der Waals surface area contributed by atoms with E-state index in [-0.39, 0.29) is 17.9 Å². The van der Waals surface area contributed by atoms with E-state index in [0.717, 1.165) is 12.1 Å². The topological polar surface area (TPSA) is 48.0 Å². The average molecular weight is 430 g/mol. The first-order chi connectivity index (χ1) is 13.9. The molecule has 2 saturated heterocycles. The number of thiocarbonyl (C=S) groups is 1. The maximum Gasteiger partial charge on any atom is 0.414 e. The Morgan fingerprint density at radius 2 is 1.90 bits per heavy atom. The first-order valence-corrected chi connectivity index (χ1v) is 10.1. The van der Waals surface area contributed by atoms with Crippen LogP contribution in [0.3, 0.4) is 0 Å². The fourth-order valence-electron chi connectivity index (χ4n) is 3.52. The first-order valence-electron chi connectivity index (χ1n) is 9.70. The van der Waals surface area contributed by atoms with E-state index in [0.29, 0.717) is 50.7 Å². The van der Waals surface area contributed by atoms with Gasteiger partial charge in [0.25, 0.3) is 0 Å². The van der Waals surface area contributed by atoms with Crippen LogP contribution in [0.1, 0.15) is 13.3 Å². The number of benzene rings is 1. The van der Waals surface area contributed by atoms with Crippen molar-refractivity contribution in [2.75, 3.05) is 62.3 Å². The van der Waals surface area contributed by atoms with Crippen LogP contribution < -0.4 is 15.1 Å². The lowest BCUT2D eigenvalue weighted by Crippen LogP contribution is -2.47. The molecule has 1 N–H and O–H groups in total. The summed E-state index contributed by atoms with van der Waals surface area (Å²) in [7, 11) is 0. The van der Waals surface area contributed by atoms with Crippen molar-refractivity contribution in [1.29, 1.82) is 0 Å². The van der Waals surface area contributed by atoms with E-state index < -0.39 is 30.5 Å². The molecule has 0 spiro atoms. The molecule has 1 unspecified atom stereocenters. The van der Waals surface area contributed by atoms with Gasteiger partial charge in [0.1, 0.15) is 18.5 Å². The highest BCUT2D eigenvalue weighted by Crippen LogP contribution is 2.31. The van der Waals surface area contributed by atoms with Crippen molar-refractivity contribution in [2.45, 2.75) is 19.4 Å². The number of amides is 1. The molecule has 1 aromatic carbocycles. The molecule has 2 heterocycles. The lowest BCUT2D eigenvalue weighted by atomic mass is 10.2. The normalized spacial score (nSPS) is 20.1. The van der Waals surface area contributed by atoms with Gasteiger partial charge in [-0.05, 0) is 6.42 Å². The number of rotatable bonds is 7. The molecule has 0 aromatic heterocycles. The van der Waals surface area contributed by atoms with Crippen molar-refractivity contribution in [2.24, 2.45) is 0 Å². The number of cyclic esters (lactones) is 1. The molecule has 1 amide bonds. The van der Waals surface area contributed by atoms with Gasteiger partial charge in [0.05, 0.1) is 23.8 Å². The van der Waals surface area contributed by atoms with Gasteiger partial charge in [-0.1, -0.05) is 19.1 Å². The summed E-state index contributed by atoms with van der Waals surface area (Å²) in [6.45, 7) is 4.22. The van der Waals surface area contributed by atoms with Crippen molar-refractivity contribution in [1.82, 2.24) is 10.2 Å². The number of nitrogens with zero attached hydrogens (tertiary/aromatic N) is 3. The molecule has 1 aromatic rings. The van der Waals surface area contributed by atoms with Crippen LogP contribution in [-0.2, 0) is 4.74 Å². The van der Waals surface area contributed by atoms with Gasteiger partial charge in [-0.2, -0.15) is 0 Å². The molecule has 2 aliphatic rings. The molecule has 0 aliphatic carbocycles. The Bertz CT molecular complexity index is 736. The molecular weight excluding hydrogens is 405 g/mol. The van der Waals surface area contributed by atoms with Crippen molar-refractivity contribution < 1.29 is 22.7 Å². The molecule has 1 atom stereocenters. The van der Waals surface area contributed by atoms with E-state index >= 15 is 0 Å². The maximum absolute atomic E-state index is 14.8. The minimum atomic E-state index is -0.736. The Morgan fingerprint density at radius 3 is 2.48 bits per heavy atom. The Morgan fingerprint density at radius 1 is 1.24 bits per heavy atom. The second-order valence-electron chi connectivity index (χ2n) is 7.05. The highest BCUT2D eigenvalue weighted by atomic mass is 32.1. The van der Waals surface area contributed by atoms with E-state index in [1.54, 1.807) is 4.90 Å². The number of piperazine rings is 1. The minimum Gasteiger partial charge on any atom is -0.442 e. The van der Waals surface area contributed by atoms with Crippen LogP contribution >= 0.6 is 12.2 Å². The lowest BCUT2D eigenvalue weighted by molar-refractivity contribution is 0.143. The molecule has 29 heavy (non-hydrogen) atoms. The van der Waals surface area contributed by atoms with E-state index in [1.165, 1.54) is 4.90 Å². The highest BCUT2D eigenvalue weighted by molar-refractivity contribution is 7.80. The van der Waals surface area contributed by atoms with Crippen LogP contribution in [-0.4, -0.2) is 74.6 Å². The Hall–Kier alpha value is -2.07. The van der Waals surface area contributed by atoms with Gasteiger partial charge >= 0.3 is 6.09 Å². The van der Waals surface area contributed by atoms with Crippen LogP contribution in [0.4, 0.5) is 29.3 Å². The lowest BCUT2D eigenvalue weighted by Gasteiger charge is -2.36. The number of carbonyl (C=O) groups is 1. The number of nitrogens with one attached hydrogen (secondary N) is 1. The number of ether oxygens (including phenoxy) is 1. The molecule has 0 bridgehead atoms. The summed E-state index contributed by atoms with van der Waals surface area (Å²) in [5, 5.41) is 3.00. The molecule has 10 heteroatoms. The zero-order valence-electron chi connectivity index (χ0n) is 16.3. The third-order valence-corrected chi connectivity index (χ3v) is 5.56. The number of hydrogen-bond acceptors (Lipinski definition) is 5. The summed E-state index contributed by atoms with van der Waals surface area (Å²) in [4.78, 5) is 17.6. The number of hydrogen-bond donors (Lipinski definition) is 1. The number of alkyl halides is 1. The predicted octanol–water partition coefficient (Wildman–Crippen LogP) is 2.71. The molecule has 0 saturated carbocycles. The second kappa shape index (κ2) is 9.62. The molecule has 160 valence electrons. The molecule has 2 fully saturated rings. The Kier molecular flexibility index (Phi) is 7.18. The summed E-state index contributed by atoms with van der Waals surface area (Å²) in [5.41, 5.74) is -0.00175. The van der Waals surface area contributed by atoms with Gasteiger partial charge in [-0.3, -0.25) is 9.80 Å². The number of halogens is 3. The standard InChI is InChI=1S/C19H25F3N4O2S/c1-2-17(29)23-11-14-12-26(19(27)28-14)13-9-15(21)18(16(22)10-13)25-7-5-24(4-3-20)6-8-25/h9-10,14H,2-8,11-12H2,1H3,(H,23,29). The molecule has 6 nitrogen and oxygen atoms in total. The first kappa shape index (κ1) is 21.6. The van der Waals surface area contributed by atoms with Crippen LogP contribution in [0.15, 0.2) is 12.1 Å². The zero-order chi connectivity index (χ0) is 21.0. The average Bonchev–Trinajstić information content (AvgIpc) is 3.07. The third-order valence-electron chi connectivity index (χ3n) is 5.12. The maximum atomic E-state index is 14.8. The van der Waals surface area contributed by atoms with E-state index in [2.05, 4.69) is 5.32 Å². The summed E-state index contributed by atoms with van der Waals surface area (Å²) in [5.74, 6) is -1.47. The van der Waals surface area contributed by atoms with Gasteiger partial charge in [-0.25, -0.2) is 18.0 Å². The van der Waals surface area contributed by atoms with Crippen LogP contribution in [0.2, 0.25) is 0 Å². The predicted molar refractivity (Wildman–Crippen MR) is 109 cm³/mol. The third kappa shape index (κ3) is 5.11. The smallest absolute Gasteiger partial charge is 0.414 e. The summed E-state index contributed by atoms with van der Waals surface area (Å²) >= 11 is 5.08. The second-order valence-corrected chi connectivity index (χ2v) is 7.54. The van der Waals surface area contributed by atoms with E-state index in [4.69, 9.17) is 17.0 Å². The highest BCUT2D eigenvalue weighted by Gasteiger charge is 2.34. The number of carbonyl (C=O) groups excluding carboxylic acids is 1. The summed E-state index contributed by atoms with van der Waals surface area (Å²) in [6.07, 6.45) is -0.424. The minimum absolute atomic E-state index is 0.116. The SMILES string of the molecule is CCC(=S)NCC1CN(c2cc(F)c(N3CCN(CCF)CC3)c(F)c2)C(=O)O1. The summed E-state index contributed by atoms with van der Waals surface area (Å²) in [6, 6.07) is 2.31. The van der Waals surface area contributed by atoms with Crippen LogP contribution in [0, 0.1) is 11.6 Å². The quantitative estimate of drug-likeness (QED) is 0.672. The van der Waals surface area contributed by atoms with Gasteiger partial charge < -0.3 is 15.0 Å². The largest absolute Gasteiger partial charge is 0.442 e. The van der Waals surface area contributed by atoms with Crippen molar-refractivity contribution in [3.63, 3.8) is 0 Å². The van der Waals surface area contributed by atoms with Crippen molar-refractivity contribution in [3.05, 3.63) is 23.8 Å². The van der Waals surface area contributed by atoms with E-state index in [9.17, 15) is 18.0 Å². The van der Waals surface area contributed by atoms with Gasteiger partial charge in [0.2, 0.25) is 0 Å². The van der Waals surface area contributed by atoms with Crippen LogP contribution in [0.25, 0.3) is 0 Å². The fraction of sp³-hybridized carbons (Fsp3) is 0.579. The van der Waals surface area contributed by atoms with Gasteiger partial charge in [0, 0.05) is 44.9 Å². The fourth-order valence-corrected chi connectivity index (χ4v) is 3.60. The van der Waals surface area contributed by atoms with E-state index in [1.807, 2.05) is 11.8 Å². The molecule has 2 aliphatic heterocycles. The van der Waals surface area contributed by atoms with Gasteiger partial charge in [0.15, 0.2) is 11.6 Å². The van der Waals surface area contributed by atoms with Crippen molar-refractivity contribution in [3.8, 4) is 0 Å². The van der Waals surface area contributed by atoms with Crippen LogP contribution in [0.5, 0.6) is 0 Å². The summed E-state index contributed by atoms with van der Waals surface area (Å²) < 4.78 is 47.2. The molecule has 0 radical (unpaired) electrons. The van der Waals surface area contributed by atoms with Gasteiger partial charge in [-0.15, -0.1) is 0 Å². The number of anilines is 2. The molecule has 3 rings (SSSR count). The van der Waals surface area contributed by atoms with Crippen molar-refractivity contribution >= 4 is 34.7 Å². The Labute approximate surface area is 173 Å². The molecular formula is C19H25F3N4O2S. The Balaban J connectivity index is 1.68. The zero-order valence-corrected chi connectivity index (χ0v) is 17.1.